The summed E-state index contributed by atoms with van der Waals surface area (Å²) in [5.41, 5.74) is 1.78. The van der Waals surface area contributed by atoms with Gasteiger partial charge in [-0.05, 0) is 55.3 Å². The van der Waals surface area contributed by atoms with Gasteiger partial charge in [0.15, 0.2) is 11.5 Å². The van der Waals surface area contributed by atoms with Gasteiger partial charge in [-0.25, -0.2) is 0 Å². The number of nitriles is 1. The molecule has 0 heterocycles. The Hall–Kier alpha value is -2.49. The number of phenolic OH excluding ortho intramolecular Hbond substituents is 1. The van der Waals surface area contributed by atoms with Gasteiger partial charge in [-0.2, -0.15) is 5.26 Å². The molecule has 0 aliphatic carbocycles. The predicted molar refractivity (Wildman–Crippen MR) is 105 cm³/mol. The molecule has 0 spiro atoms. The van der Waals surface area contributed by atoms with Gasteiger partial charge in [0.2, 0.25) is 0 Å². The Bertz CT molecular complexity index is 920. The summed E-state index contributed by atoms with van der Waals surface area (Å²) < 4.78 is 5.86. The van der Waals surface area contributed by atoms with Gasteiger partial charge >= 0.3 is 0 Å². The molecule has 0 atom stereocenters. The zero-order chi connectivity index (χ0) is 19.3. The van der Waals surface area contributed by atoms with Gasteiger partial charge in [-0.1, -0.05) is 33.6 Å². The molecular weight excluding hydrogens is 420 g/mol. The molecule has 0 unspecified atom stereocenters. The number of amides is 1. The van der Waals surface area contributed by atoms with E-state index in [-0.39, 0.29) is 17.1 Å². The quantitative estimate of drug-likeness (QED) is 0.508. The fraction of sp³-hybridized carbons (Fsp3) is 0.158. The monoisotopic (exact) mass is 434 g/mol. The Morgan fingerprint density at radius 1 is 1.42 bits per heavy atom. The Balaban J connectivity index is 2.35. The maximum atomic E-state index is 12.5. The minimum Gasteiger partial charge on any atom is -0.504 e. The Labute approximate surface area is 165 Å². The maximum Gasteiger partial charge on any atom is 0.266 e. The number of benzene rings is 2. The molecule has 0 aliphatic heterocycles. The van der Waals surface area contributed by atoms with Crippen molar-refractivity contribution in [3.8, 4) is 17.6 Å². The van der Waals surface area contributed by atoms with Gasteiger partial charge in [0.25, 0.3) is 5.91 Å². The number of aryl methyl sites for hydroxylation is 1. The first-order chi connectivity index (χ1) is 12.3. The van der Waals surface area contributed by atoms with Crippen LogP contribution in [0.2, 0.25) is 5.02 Å². The molecule has 7 heteroatoms. The zero-order valence-electron chi connectivity index (χ0n) is 14.1. The molecule has 0 fully saturated rings. The number of carbonyl (C=O) groups excluding carboxylic acids is 1. The van der Waals surface area contributed by atoms with Crippen LogP contribution < -0.4 is 10.1 Å². The van der Waals surface area contributed by atoms with E-state index in [1.165, 1.54) is 12.1 Å². The summed E-state index contributed by atoms with van der Waals surface area (Å²) in [5, 5.41) is 22.4. The minimum absolute atomic E-state index is 0.0339. The van der Waals surface area contributed by atoms with Crippen LogP contribution in [0, 0.1) is 18.3 Å². The van der Waals surface area contributed by atoms with Crippen LogP contribution in [0.25, 0.3) is 6.08 Å². The number of hydrogen-bond donors (Lipinski definition) is 2. The Kier molecular flexibility index (Phi) is 6.67. The summed E-state index contributed by atoms with van der Waals surface area (Å²) in [6.45, 7) is 3.99. The van der Waals surface area contributed by atoms with Gasteiger partial charge in [-0.15, -0.1) is 0 Å². The summed E-state index contributed by atoms with van der Waals surface area (Å²) in [6, 6.07) is 10.0. The second-order valence-electron chi connectivity index (χ2n) is 5.36. The van der Waals surface area contributed by atoms with Crippen LogP contribution in [0.1, 0.15) is 18.1 Å². The van der Waals surface area contributed by atoms with Crippen molar-refractivity contribution in [3.63, 3.8) is 0 Å². The van der Waals surface area contributed by atoms with Gasteiger partial charge in [0.05, 0.1) is 6.61 Å². The lowest BCUT2D eigenvalue weighted by molar-refractivity contribution is -0.112. The third kappa shape index (κ3) is 4.78. The van der Waals surface area contributed by atoms with Gasteiger partial charge in [0.1, 0.15) is 11.6 Å². The molecule has 2 N–H and O–H groups in total. The van der Waals surface area contributed by atoms with Crippen molar-refractivity contribution >= 4 is 45.2 Å². The molecule has 0 aliphatic rings. The molecule has 0 bridgehead atoms. The number of nitrogens with one attached hydrogen (secondary N) is 1. The van der Waals surface area contributed by atoms with Crippen LogP contribution >= 0.6 is 27.5 Å². The zero-order valence-corrected chi connectivity index (χ0v) is 16.5. The maximum absolute atomic E-state index is 12.5. The first-order valence-corrected chi connectivity index (χ1v) is 8.87. The summed E-state index contributed by atoms with van der Waals surface area (Å²) >= 11 is 9.26. The SMILES string of the molecule is CCOc1cc(/C=C(\C#N)C(=O)Nc2cc(Cl)ccc2C)c(Br)cc1O. The third-order valence-electron chi connectivity index (χ3n) is 3.49. The number of anilines is 1. The molecule has 0 saturated carbocycles. The fourth-order valence-corrected chi connectivity index (χ4v) is 2.78. The lowest BCUT2D eigenvalue weighted by Crippen LogP contribution is -2.14. The molecule has 0 radical (unpaired) electrons. The van der Waals surface area contributed by atoms with Crippen LogP contribution in [0.5, 0.6) is 11.5 Å². The van der Waals surface area contributed by atoms with Crippen molar-refractivity contribution in [2.75, 3.05) is 11.9 Å². The largest absolute Gasteiger partial charge is 0.504 e. The van der Waals surface area contributed by atoms with E-state index in [0.29, 0.717) is 27.4 Å². The molecule has 1 amide bonds. The summed E-state index contributed by atoms with van der Waals surface area (Å²) in [5.74, 6) is -0.325. The highest BCUT2D eigenvalue weighted by Crippen LogP contribution is 2.34. The molecule has 2 aromatic rings. The highest BCUT2D eigenvalue weighted by Gasteiger charge is 2.14. The number of ether oxygens (including phenoxy) is 1. The lowest BCUT2D eigenvalue weighted by Gasteiger charge is -2.10. The number of hydrogen-bond acceptors (Lipinski definition) is 4. The molecule has 2 aromatic carbocycles. The van der Waals surface area contributed by atoms with Crippen molar-refractivity contribution < 1.29 is 14.6 Å². The van der Waals surface area contributed by atoms with Crippen molar-refractivity contribution in [1.29, 1.82) is 5.26 Å². The summed E-state index contributed by atoms with van der Waals surface area (Å²) in [6.07, 6.45) is 1.42. The standard InChI is InChI=1S/C19H16BrClN2O3/c1-3-26-18-7-12(15(20)9-17(18)24)6-13(10-22)19(25)23-16-8-14(21)5-4-11(16)2/h4-9,24H,3H2,1-2H3,(H,23,25)/b13-6+. The number of carbonyl (C=O) groups is 1. The molecule has 5 nitrogen and oxygen atoms in total. The van der Waals surface area contributed by atoms with Crippen molar-refractivity contribution in [2.24, 2.45) is 0 Å². The highest BCUT2D eigenvalue weighted by molar-refractivity contribution is 9.10. The van der Waals surface area contributed by atoms with E-state index in [4.69, 9.17) is 16.3 Å². The highest BCUT2D eigenvalue weighted by atomic mass is 79.9. The molecular formula is C19H16BrClN2O3. The van der Waals surface area contributed by atoms with E-state index >= 15 is 0 Å². The van der Waals surface area contributed by atoms with Crippen LogP contribution in [0.4, 0.5) is 5.69 Å². The molecule has 2 rings (SSSR count). The summed E-state index contributed by atoms with van der Waals surface area (Å²) in [4.78, 5) is 12.5. The predicted octanol–water partition coefficient (Wildman–Crippen LogP) is 5.06. The van der Waals surface area contributed by atoms with Gasteiger partial charge in [0, 0.05) is 15.2 Å². The van der Waals surface area contributed by atoms with Crippen molar-refractivity contribution in [3.05, 3.63) is 56.5 Å². The number of rotatable bonds is 5. The molecule has 0 saturated heterocycles. The molecule has 134 valence electrons. The van der Waals surface area contributed by atoms with E-state index in [1.54, 1.807) is 31.2 Å². The topological polar surface area (TPSA) is 82.3 Å². The Morgan fingerprint density at radius 2 is 2.15 bits per heavy atom. The van der Waals surface area contributed by atoms with E-state index in [1.807, 2.05) is 13.0 Å². The third-order valence-corrected chi connectivity index (χ3v) is 4.41. The second-order valence-corrected chi connectivity index (χ2v) is 6.65. The lowest BCUT2D eigenvalue weighted by atomic mass is 10.1. The number of phenols is 1. The van der Waals surface area contributed by atoms with E-state index in [2.05, 4.69) is 21.2 Å². The summed E-state index contributed by atoms with van der Waals surface area (Å²) in [7, 11) is 0. The second kappa shape index (κ2) is 8.75. The van der Waals surface area contributed by atoms with Crippen LogP contribution in [0.3, 0.4) is 0 Å². The fourth-order valence-electron chi connectivity index (χ4n) is 2.16. The molecule has 26 heavy (non-hydrogen) atoms. The average Bonchev–Trinajstić information content (AvgIpc) is 2.59. The average molecular weight is 436 g/mol. The van der Waals surface area contributed by atoms with Crippen LogP contribution in [0.15, 0.2) is 40.4 Å². The van der Waals surface area contributed by atoms with Crippen LogP contribution in [-0.4, -0.2) is 17.6 Å². The van der Waals surface area contributed by atoms with Gasteiger partial charge in [-0.3, -0.25) is 4.79 Å². The number of halogens is 2. The number of nitrogens with zero attached hydrogens (tertiary/aromatic N) is 1. The van der Waals surface area contributed by atoms with Gasteiger partial charge < -0.3 is 15.2 Å². The Morgan fingerprint density at radius 3 is 2.81 bits per heavy atom. The van der Waals surface area contributed by atoms with Crippen molar-refractivity contribution in [2.45, 2.75) is 13.8 Å². The molecule has 0 aromatic heterocycles. The van der Waals surface area contributed by atoms with E-state index in [0.717, 1.165) is 5.56 Å². The normalized spacial score (nSPS) is 11.0. The first kappa shape index (κ1) is 19.8. The first-order valence-electron chi connectivity index (χ1n) is 7.70. The van der Waals surface area contributed by atoms with E-state index < -0.39 is 5.91 Å². The smallest absolute Gasteiger partial charge is 0.266 e. The van der Waals surface area contributed by atoms with Crippen LogP contribution in [-0.2, 0) is 4.79 Å². The number of aromatic hydroxyl groups is 1. The minimum atomic E-state index is -0.559. The van der Waals surface area contributed by atoms with E-state index in [9.17, 15) is 15.2 Å². The van der Waals surface area contributed by atoms with Crippen molar-refractivity contribution in [1.82, 2.24) is 0 Å².